The van der Waals surface area contributed by atoms with Crippen LogP contribution in [-0.2, 0) is 6.42 Å². The van der Waals surface area contributed by atoms with E-state index in [4.69, 9.17) is 4.74 Å². The first kappa shape index (κ1) is 25.3. The second kappa shape index (κ2) is 13.4. The van der Waals surface area contributed by atoms with Gasteiger partial charge >= 0.3 is 0 Å². The summed E-state index contributed by atoms with van der Waals surface area (Å²) in [7, 11) is 0. The Morgan fingerprint density at radius 1 is 0.939 bits per heavy atom. The highest BCUT2D eigenvalue weighted by Gasteiger charge is 2.35. The summed E-state index contributed by atoms with van der Waals surface area (Å²) in [5, 5.41) is 9.85. The van der Waals surface area contributed by atoms with Gasteiger partial charge in [-0.05, 0) is 80.3 Å². The van der Waals surface area contributed by atoms with E-state index < -0.39 is 0 Å². The zero-order chi connectivity index (χ0) is 23.4. The molecule has 0 amide bonds. The molecule has 0 aliphatic heterocycles. The molecule has 0 N–H and O–H groups in total. The van der Waals surface area contributed by atoms with Crippen molar-refractivity contribution in [1.82, 2.24) is 4.98 Å². The fourth-order valence-electron chi connectivity index (χ4n) is 5.03. The molecule has 178 valence electrons. The summed E-state index contributed by atoms with van der Waals surface area (Å²) in [6, 6.07) is 15.3. The van der Waals surface area contributed by atoms with E-state index in [-0.39, 0.29) is 5.41 Å². The summed E-state index contributed by atoms with van der Waals surface area (Å²) in [6.07, 6.45) is 17.4. The van der Waals surface area contributed by atoms with Crippen molar-refractivity contribution in [3.8, 4) is 23.1 Å². The second-order valence-corrected chi connectivity index (χ2v) is 9.99. The molecule has 0 unspecified atom stereocenters. The Balaban J connectivity index is 1.40. The van der Waals surface area contributed by atoms with Crippen LogP contribution in [0.2, 0.25) is 0 Å². The van der Waals surface area contributed by atoms with Crippen molar-refractivity contribution >= 4 is 0 Å². The minimum atomic E-state index is -0.0808. The summed E-state index contributed by atoms with van der Waals surface area (Å²) in [5.74, 6) is 1.48. The lowest BCUT2D eigenvalue weighted by Gasteiger charge is -2.35. The molecule has 3 nitrogen and oxygen atoms in total. The first-order valence-electron chi connectivity index (χ1n) is 13.3. The van der Waals surface area contributed by atoms with Crippen LogP contribution in [0.5, 0.6) is 5.75 Å². The molecular weight excluding hydrogens is 404 g/mol. The van der Waals surface area contributed by atoms with E-state index in [2.05, 4.69) is 61.3 Å². The molecule has 1 aliphatic carbocycles. The molecule has 1 heterocycles. The van der Waals surface area contributed by atoms with Gasteiger partial charge in [0.05, 0.1) is 23.8 Å². The van der Waals surface area contributed by atoms with Gasteiger partial charge in [0.2, 0.25) is 0 Å². The van der Waals surface area contributed by atoms with E-state index in [1.54, 1.807) is 0 Å². The fourth-order valence-corrected chi connectivity index (χ4v) is 5.03. The zero-order valence-corrected chi connectivity index (χ0v) is 20.8. The van der Waals surface area contributed by atoms with Gasteiger partial charge in [-0.1, -0.05) is 64.9 Å². The maximum Gasteiger partial charge on any atom is 0.119 e. The van der Waals surface area contributed by atoms with E-state index in [0.717, 1.165) is 68.6 Å². The van der Waals surface area contributed by atoms with Crippen LogP contribution >= 0.6 is 0 Å². The molecule has 0 atom stereocenters. The number of hydrogen-bond acceptors (Lipinski definition) is 3. The number of pyridine rings is 1. The zero-order valence-electron chi connectivity index (χ0n) is 20.8. The van der Waals surface area contributed by atoms with Gasteiger partial charge in [-0.25, -0.2) is 0 Å². The molecule has 2 aromatic rings. The van der Waals surface area contributed by atoms with Gasteiger partial charge in [-0.3, -0.25) is 4.98 Å². The molecular formula is C30H42N2O. The van der Waals surface area contributed by atoms with E-state index in [0.29, 0.717) is 5.92 Å². The van der Waals surface area contributed by atoms with Gasteiger partial charge in [-0.15, -0.1) is 0 Å². The van der Waals surface area contributed by atoms with Crippen molar-refractivity contribution in [2.45, 2.75) is 97.3 Å². The molecule has 33 heavy (non-hydrogen) atoms. The Morgan fingerprint density at radius 2 is 1.67 bits per heavy atom. The molecule has 1 fully saturated rings. The molecule has 0 bridgehead atoms. The quantitative estimate of drug-likeness (QED) is 0.290. The largest absolute Gasteiger partial charge is 0.493 e. The highest BCUT2D eigenvalue weighted by atomic mass is 16.5. The monoisotopic (exact) mass is 446 g/mol. The average Bonchev–Trinajstić information content (AvgIpc) is 2.87. The Kier molecular flexibility index (Phi) is 10.3. The number of rotatable bonds is 13. The predicted molar refractivity (Wildman–Crippen MR) is 137 cm³/mol. The van der Waals surface area contributed by atoms with Crippen LogP contribution in [-0.4, -0.2) is 11.6 Å². The second-order valence-electron chi connectivity index (χ2n) is 9.99. The number of hydrogen-bond donors (Lipinski definition) is 0. The Hall–Kier alpha value is -2.34. The van der Waals surface area contributed by atoms with E-state index in [1.165, 1.54) is 44.1 Å². The van der Waals surface area contributed by atoms with Crippen molar-refractivity contribution in [3.63, 3.8) is 0 Å². The normalized spacial score (nSPS) is 20.3. The molecule has 1 aliphatic rings. The minimum absolute atomic E-state index is 0.0808. The SMILES string of the molecule is CCCCCCCCC1(C#N)CCC(COc2ccc(-c3ccc(CCC)cn3)cc2)CC1. The summed E-state index contributed by atoms with van der Waals surface area (Å²) in [6.45, 7) is 5.20. The number of ether oxygens (including phenoxy) is 1. The molecule has 0 radical (unpaired) electrons. The van der Waals surface area contributed by atoms with Crippen molar-refractivity contribution in [2.75, 3.05) is 6.61 Å². The van der Waals surface area contributed by atoms with Gasteiger partial charge < -0.3 is 4.74 Å². The topological polar surface area (TPSA) is 45.9 Å². The molecule has 1 saturated carbocycles. The first-order valence-corrected chi connectivity index (χ1v) is 13.3. The Bertz CT molecular complexity index is 842. The molecule has 1 aromatic heterocycles. The molecule has 1 aromatic carbocycles. The lowest BCUT2D eigenvalue weighted by Crippen LogP contribution is -2.28. The summed E-state index contributed by atoms with van der Waals surface area (Å²) in [4.78, 5) is 4.61. The van der Waals surface area contributed by atoms with E-state index in [9.17, 15) is 5.26 Å². The summed E-state index contributed by atoms with van der Waals surface area (Å²) >= 11 is 0. The van der Waals surface area contributed by atoms with Gasteiger partial charge in [0, 0.05) is 11.8 Å². The Labute approximate surface area is 201 Å². The standard InChI is InChI=1S/C30H42N2O/c1-3-5-6-7-8-9-19-30(24-31)20-17-26(18-21-30)23-33-28-14-12-27(13-15-28)29-16-11-25(10-4-2)22-32-29/h11-16,22,26H,3-10,17-21,23H2,1-2H3. The smallest absolute Gasteiger partial charge is 0.119 e. The highest BCUT2D eigenvalue weighted by molar-refractivity contribution is 5.60. The maximum absolute atomic E-state index is 9.85. The highest BCUT2D eigenvalue weighted by Crippen LogP contribution is 2.42. The van der Waals surface area contributed by atoms with Gasteiger partial charge in [-0.2, -0.15) is 5.26 Å². The van der Waals surface area contributed by atoms with Gasteiger partial charge in [0.25, 0.3) is 0 Å². The summed E-state index contributed by atoms with van der Waals surface area (Å²) < 4.78 is 6.12. The molecule has 3 rings (SSSR count). The van der Waals surface area contributed by atoms with Gasteiger partial charge in [0.1, 0.15) is 5.75 Å². The van der Waals surface area contributed by atoms with E-state index in [1.807, 2.05) is 6.20 Å². The average molecular weight is 447 g/mol. The third kappa shape index (κ3) is 7.88. The lowest BCUT2D eigenvalue weighted by atomic mass is 9.69. The first-order chi connectivity index (χ1) is 16.2. The number of aromatic nitrogens is 1. The molecule has 0 spiro atoms. The summed E-state index contributed by atoms with van der Waals surface area (Å²) in [5.41, 5.74) is 3.34. The van der Waals surface area contributed by atoms with Crippen molar-refractivity contribution in [1.29, 1.82) is 5.26 Å². The lowest BCUT2D eigenvalue weighted by molar-refractivity contribution is 0.144. The van der Waals surface area contributed by atoms with Crippen molar-refractivity contribution in [2.24, 2.45) is 11.3 Å². The van der Waals surface area contributed by atoms with Gasteiger partial charge in [0.15, 0.2) is 0 Å². The fraction of sp³-hybridized carbons (Fsp3) is 0.600. The number of unbranched alkanes of at least 4 members (excludes halogenated alkanes) is 5. The number of nitrogens with zero attached hydrogens (tertiary/aromatic N) is 2. The van der Waals surface area contributed by atoms with Crippen molar-refractivity contribution < 1.29 is 4.74 Å². The van der Waals surface area contributed by atoms with Crippen LogP contribution < -0.4 is 4.74 Å². The van der Waals surface area contributed by atoms with Crippen LogP contribution in [0, 0.1) is 22.7 Å². The van der Waals surface area contributed by atoms with Crippen LogP contribution in [0.1, 0.15) is 96.5 Å². The van der Waals surface area contributed by atoms with Crippen LogP contribution in [0.4, 0.5) is 0 Å². The van der Waals surface area contributed by atoms with E-state index >= 15 is 0 Å². The third-order valence-electron chi connectivity index (χ3n) is 7.31. The molecule has 0 saturated heterocycles. The maximum atomic E-state index is 9.85. The number of nitriles is 1. The van der Waals surface area contributed by atoms with Crippen molar-refractivity contribution in [3.05, 3.63) is 48.2 Å². The molecule has 3 heteroatoms. The number of benzene rings is 1. The third-order valence-corrected chi connectivity index (χ3v) is 7.31. The Morgan fingerprint density at radius 3 is 2.30 bits per heavy atom. The minimum Gasteiger partial charge on any atom is -0.493 e. The predicted octanol–water partition coefficient (Wildman–Crippen LogP) is 8.53. The van der Waals surface area contributed by atoms with Crippen LogP contribution in [0.25, 0.3) is 11.3 Å². The van der Waals surface area contributed by atoms with Crippen LogP contribution in [0.15, 0.2) is 42.6 Å². The van der Waals surface area contributed by atoms with Crippen LogP contribution in [0.3, 0.4) is 0 Å². The number of aryl methyl sites for hydroxylation is 1.